The number of rotatable bonds is 8. The number of carbonyl (C=O) groups excluding carboxylic acids is 1. The van der Waals surface area contributed by atoms with E-state index >= 15 is 0 Å². The van der Waals surface area contributed by atoms with Crippen LogP contribution >= 0.6 is 0 Å². The first-order valence-electron chi connectivity index (χ1n) is 9.44. The summed E-state index contributed by atoms with van der Waals surface area (Å²) in [4.78, 5) is 22.8. The van der Waals surface area contributed by atoms with Gasteiger partial charge in [-0.2, -0.15) is 0 Å². The Morgan fingerprint density at radius 2 is 1.64 bits per heavy atom. The highest BCUT2D eigenvalue weighted by Crippen LogP contribution is 2.21. The molecule has 0 saturated carbocycles. The van der Waals surface area contributed by atoms with E-state index in [0.29, 0.717) is 12.2 Å². The first kappa shape index (κ1) is 19.4. The highest BCUT2D eigenvalue weighted by molar-refractivity contribution is 5.93. The first-order chi connectivity index (χ1) is 13.7. The molecule has 0 aliphatic carbocycles. The van der Waals surface area contributed by atoms with Crippen LogP contribution in [0.3, 0.4) is 0 Å². The molecule has 144 valence electrons. The van der Waals surface area contributed by atoms with E-state index in [2.05, 4.69) is 51.5 Å². The molecule has 1 amide bonds. The summed E-state index contributed by atoms with van der Waals surface area (Å²) in [6, 6.07) is 15.6. The number of carbonyl (C=O) groups is 1. The summed E-state index contributed by atoms with van der Waals surface area (Å²) in [5, 5.41) is 6.20. The number of aromatic nitrogens is 2. The van der Waals surface area contributed by atoms with Crippen LogP contribution in [0, 0.1) is 0 Å². The molecule has 6 heteroatoms. The van der Waals surface area contributed by atoms with Crippen LogP contribution in [0.2, 0.25) is 0 Å². The molecule has 0 unspecified atom stereocenters. The first-order valence-corrected chi connectivity index (χ1v) is 9.44. The zero-order valence-corrected chi connectivity index (χ0v) is 16.2. The molecule has 2 aromatic heterocycles. The second-order valence-corrected chi connectivity index (χ2v) is 6.31. The van der Waals surface area contributed by atoms with Crippen molar-refractivity contribution in [1.82, 2.24) is 15.3 Å². The average Bonchev–Trinajstić information content (AvgIpc) is 2.75. The Bertz CT molecular complexity index is 892. The van der Waals surface area contributed by atoms with Gasteiger partial charge in [0.1, 0.15) is 5.69 Å². The van der Waals surface area contributed by atoms with Crippen molar-refractivity contribution in [3.63, 3.8) is 0 Å². The van der Waals surface area contributed by atoms with E-state index in [9.17, 15) is 4.79 Å². The molecule has 3 rings (SSSR count). The number of amides is 1. The minimum absolute atomic E-state index is 0.211. The largest absolute Gasteiger partial charge is 0.372 e. The van der Waals surface area contributed by atoms with Crippen molar-refractivity contribution in [2.24, 2.45) is 0 Å². The molecule has 28 heavy (non-hydrogen) atoms. The van der Waals surface area contributed by atoms with Crippen LogP contribution < -0.4 is 15.5 Å². The number of hydrogen-bond donors (Lipinski definition) is 2. The van der Waals surface area contributed by atoms with E-state index in [1.807, 2.05) is 30.3 Å². The van der Waals surface area contributed by atoms with E-state index < -0.39 is 0 Å². The third-order valence-electron chi connectivity index (χ3n) is 4.48. The van der Waals surface area contributed by atoms with Crippen LogP contribution in [0.15, 0.2) is 67.1 Å². The predicted molar refractivity (Wildman–Crippen MR) is 113 cm³/mol. The summed E-state index contributed by atoms with van der Waals surface area (Å²) >= 11 is 0. The minimum Gasteiger partial charge on any atom is -0.372 e. The van der Waals surface area contributed by atoms with Gasteiger partial charge in [-0.15, -0.1) is 0 Å². The van der Waals surface area contributed by atoms with Crippen LogP contribution in [0.4, 0.5) is 17.1 Å². The second-order valence-electron chi connectivity index (χ2n) is 6.31. The fraction of sp³-hybridized carbons (Fsp3) is 0.227. The van der Waals surface area contributed by atoms with Gasteiger partial charge in [-0.1, -0.05) is 0 Å². The van der Waals surface area contributed by atoms with Crippen molar-refractivity contribution in [3.05, 3.63) is 78.4 Å². The zero-order chi connectivity index (χ0) is 19.8. The Hall–Kier alpha value is -3.41. The Morgan fingerprint density at radius 1 is 0.929 bits per heavy atom. The van der Waals surface area contributed by atoms with Gasteiger partial charge in [-0.05, 0) is 67.9 Å². The van der Waals surface area contributed by atoms with E-state index in [1.165, 1.54) is 5.69 Å². The number of hydrogen-bond acceptors (Lipinski definition) is 5. The molecule has 0 aliphatic rings. The topological polar surface area (TPSA) is 70.2 Å². The normalized spacial score (nSPS) is 10.4. The van der Waals surface area contributed by atoms with Crippen molar-refractivity contribution in [2.45, 2.75) is 20.4 Å². The molecule has 2 N–H and O–H groups in total. The number of benzene rings is 1. The molecule has 0 bridgehead atoms. The maximum absolute atomic E-state index is 12.4. The van der Waals surface area contributed by atoms with E-state index in [1.54, 1.807) is 24.7 Å². The monoisotopic (exact) mass is 375 g/mol. The zero-order valence-electron chi connectivity index (χ0n) is 16.2. The molecule has 0 radical (unpaired) electrons. The van der Waals surface area contributed by atoms with Crippen LogP contribution in [0.1, 0.15) is 29.9 Å². The number of pyridine rings is 2. The highest BCUT2D eigenvalue weighted by atomic mass is 16.1. The van der Waals surface area contributed by atoms with E-state index in [0.717, 1.165) is 30.0 Å². The van der Waals surface area contributed by atoms with Gasteiger partial charge in [0.05, 0.1) is 0 Å². The van der Waals surface area contributed by atoms with E-state index in [-0.39, 0.29) is 5.91 Å². The quantitative estimate of drug-likeness (QED) is 0.623. The lowest BCUT2D eigenvalue weighted by Crippen LogP contribution is -2.23. The number of nitrogens with zero attached hydrogens (tertiary/aromatic N) is 3. The number of nitrogens with one attached hydrogen (secondary N) is 2. The molecule has 2 heterocycles. The molecule has 1 aromatic carbocycles. The molecule has 3 aromatic rings. The summed E-state index contributed by atoms with van der Waals surface area (Å²) in [5.74, 6) is -0.211. The summed E-state index contributed by atoms with van der Waals surface area (Å²) in [6.45, 7) is 6.69. The molecule has 0 spiro atoms. The molecular formula is C22H25N5O. The van der Waals surface area contributed by atoms with Gasteiger partial charge in [-0.3, -0.25) is 14.8 Å². The smallest absolute Gasteiger partial charge is 0.270 e. The molecule has 0 fully saturated rings. The maximum atomic E-state index is 12.4. The SMILES string of the molecule is CCN(CC)c1ccc(Nc2ccnc(C(=O)NCc3ccncc3)c2)cc1. The average molecular weight is 375 g/mol. The highest BCUT2D eigenvalue weighted by Gasteiger charge is 2.08. The third-order valence-corrected chi connectivity index (χ3v) is 4.48. The van der Waals surface area contributed by atoms with Crippen molar-refractivity contribution in [2.75, 3.05) is 23.3 Å². The van der Waals surface area contributed by atoms with Gasteiger partial charge in [0, 0.05) is 55.3 Å². The fourth-order valence-corrected chi connectivity index (χ4v) is 2.92. The lowest BCUT2D eigenvalue weighted by molar-refractivity contribution is 0.0946. The molecular weight excluding hydrogens is 350 g/mol. The minimum atomic E-state index is -0.211. The van der Waals surface area contributed by atoms with Crippen molar-refractivity contribution >= 4 is 23.0 Å². The summed E-state index contributed by atoms with van der Waals surface area (Å²) in [5.41, 5.74) is 4.34. The Labute approximate surface area is 165 Å². The van der Waals surface area contributed by atoms with Crippen LogP contribution in [-0.4, -0.2) is 29.0 Å². The summed E-state index contributed by atoms with van der Waals surface area (Å²) in [6.07, 6.45) is 5.04. The van der Waals surface area contributed by atoms with Gasteiger partial charge in [0.2, 0.25) is 0 Å². The summed E-state index contributed by atoms with van der Waals surface area (Å²) in [7, 11) is 0. The van der Waals surface area contributed by atoms with Gasteiger partial charge in [0.15, 0.2) is 0 Å². The Morgan fingerprint density at radius 3 is 2.32 bits per heavy atom. The lowest BCUT2D eigenvalue weighted by atomic mass is 10.2. The van der Waals surface area contributed by atoms with Gasteiger partial charge >= 0.3 is 0 Å². The Kier molecular flexibility index (Phi) is 6.57. The van der Waals surface area contributed by atoms with Crippen LogP contribution in [0.5, 0.6) is 0 Å². The lowest BCUT2D eigenvalue weighted by Gasteiger charge is -2.21. The van der Waals surface area contributed by atoms with Gasteiger partial charge < -0.3 is 15.5 Å². The third kappa shape index (κ3) is 5.07. The molecule has 0 saturated heterocycles. The van der Waals surface area contributed by atoms with E-state index in [4.69, 9.17) is 0 Å². The van der Waals surface area contributed by atoms with Crippen molar-refractivity contribution < 1.29 is 4.79 Å². The van der Waals surface area contributed by atoms with Crippen LogP contribution in [0.25, 0.3) is 0 Å². The van der Waals surface area contributed by atoms with Crippen LogP contribution in [-0.2, 0) is 6.54 Å². The van der Waals surface area contributed by atoms with Gasteiger partial charge in [0.25, 0.3) is 5.91 Å². The van der Waals surface area contributed by atoms with Crippen molar-refractivity contribution in [1.29, 1.82) is 0 Å². The molecule has 0 atom stereocenters. The Balaban J connectivity index is 1.63. The second kappa shape index (κ2) is 9.50. The fourth-order valence-electron chi connectivity index (χ4n) is 2.92. The molecule has 6 nitrogen and oxygen atoms in total. The predicted octanol–water partition coefficient (Wildman–Crippen LogP) is 4.00. The van der Waals surface area contributed by atoms with Gasteiger partial charge in [-0.25, -0.2) is 0 Å². The standard InChI is InChI=1S/C22H25N5O/c1-3-27(4-2)20-7-5-18(6-8-20)26-19-11-14-24-21(15-19)22(28)25-16-17-9-12-23-13-10-17/h5-15H,3-4,16H2,1-2H3,(H,24,26)(H,25,28). The van der Waals surface area contributed by atoms with Crippen molar-refractivity contribution in [3.8, 4) is 0 Å². The molecule has 0 aliphatic heterocycles. The number of anilines is 3. The summed E-state index contributed by atoms with van der Waals surface area (Å²) < 4.78 is 0. The maximum Gasteiger partial charge on any atom is 0.270 e.